The standard InChI is InChI=1S/C10H17BO2/c1-9(2)8-10(11(12)13)6-4-3-5-7-10/h3-6,9,12-13H,7-8H2,1-2H3. The maximum Gasteiger partial charge on any atom is 0.462 e. The van der Waals surface area contributed by atoms with Gasteiger partial charge in [0.15, 0.2) is 0 Å². The molecule has 0 spiro atoms. The van der Waals surface area contributed by atoms with Crippen LogP contribution in [-0.4, -0.2) is 17.2 Å². The van der Waals surface area contributed by atoms with Gasteiger partial charge in [0.05, 0.1) is 0 Å². The van der Waals surface area contributed by atoms with Gasteiger partial charge in [-0.1, -0.05) is 38.2 Å². The molecule has 1 aliphatic carbocycles. The molecule has 2 N–H and O–H groups in total. The first-order chi connectivity index (χ1) is 6.07. The van der Waals surface area contributed by atoms with Gasteiger partial charge in [0.25, 0.3) is 0 Å². The van der Waals surface area contributed by atoms with Crippen LogP contribution in [0.25, 0.3) is 0 Å². The molecule has 0 saturated heterocycles. The van der Waals surface area contributed by atoms with E-state index in [-0.39, 0.29) is 0 Å². The molecule has 2 nitrogen and oxygen atoms in total. The molecule has 0 radical (unpaired) electrons. The number of hydrogen-bond acceptors (Lipinski definition) is 2. The summed E-state index contributed by atoms with van der Waals surface area (Å²) in [6, 6.07) is 0. The van der Waals surface area contributed by atoms with Crippen molar-refractivity contribution in [2.45, 2.75) is 32.0 Å². The monoisotopic (exact) mass is 180 g/mol. The second-order valence-electron chi connectivity index (χ2n) is 4.20. The molecule has 1 aliphatic rings. The molecule has 3 heteroatoms. The molecule has 13 heavy (non-hydrogen) atoms. The normalized spacial score (nSPS) is 26.8. The van der Waals surface area contributed by atoms with Gasteiger partial charge < -0.3 is 10.0 Å². The van der Waals surface area contributed by atoms with Crippen LogP contribution in [0.1, 0.15) is 26.7 Å². The molecular weight excluding hydrogens is 163 g/mol. The van der Waals surface area contributed by atoms with E-state index < -0.39 is 12.4 Å². The Hall–Kier alpha value is -0.535. The molecule has 0 saturated carbocycles. The molecule has 0 heterocycles. The van der Waals surface area contributed by atoms with Crippen LogP contribution in [-0.2, 0) is 0 Å². The van der Waals surface area contributed by atoms with Crippen LogP contribution >= 0.6 is 0 Å². The fourth-order valence-corrected chi connectivity index (χ4v) is 1.89. The average Bonchev–Trinajstić information content (AvgIpc) is 2.04. The third-order valence-electron chi connectivity index (χ3n) is 2.48. The van der Waals surface area contributed by atoms with E-state index in [2.05, 4.69) is 13.8 Å². The van der Waals surface area contributed by atoms with E-state index in [0.717, 1.165) is 12.8 Å². The first-order valence-corrected chi connectivity index (χ1v) is 4.77. The van der Waals surface area contributed by atoms with Gasteiger partial charge >= 0.3 is 7.12 Å². The van der Waals surface area contributed by atoms with Crippen molar-refractivity contribution < 1.29 is 10.0 Å². The number of hydrogen-bond donors (Lipinski definition) is 2. The quantitative estimate of drug-likeness (QED) is 0.649. The smallest absolute Gasteiger partial charge is 0.426 e. The highest BCUT2D eigenvalue weighted by Gasteiger charge is 2.39. The molecule has 0 bridgehead atoms. The second kappa shape index (κ2) is 4.12. The molecule has 0 aromatic heterocycles. The molecular formula is C10H17BO2. The van der Waals surface area contributed by atoms with Gasteiger partial charge in [0.2, 0.25) is 0 Å². The zero-order chi connectivity index (χ0) is 9.90. The maximum absolute atomic E-state index is 9.35. The molecule has 72 valence electrons. The van der Waals surface area contributed by atoms with E-state index in [9.17, 15) is 10.0 Å². The Morgan fingerprint density at radius 2 is 2.08 bits per heavy atom. The summed E-state index contributed by atoms with van der Waals surface area (Å²) in [5.41, 5.74) is 0. The predicted octanol–water partition coefficient (Wildman–Crippen LogP) is 1.76. The van der Waals surface area contributed by atoms with E-state index in [0.29, 0.717) is 5.92 Å². The van der Waals surface area contributed by atoms with Crippen molar-refractivity contribution in [3.8, 4) is 0 Å². The average molecular weight is 180 g/mol. The molecule has 0 fully saturated rings. The molecule has 1 rings (SSSR count). The summed E-state index contributed by atoms with van der Waals surface area (Å²) in [7, 11) is -1.25. The molecule has 1 atom stereocenters. The molecule has 0 aromatic carbocycles. The highest BCUT2D eigenvalue weighted by molar-refractivity contribution is 6.46. The van der Waals surface area contributed by atoms with Crippen LogP contribution in [0.5, 0.6) is 0 Å². The van der Waals surface area contributed by atoms with E-state index in [1.54, 1.807) is 0 Å². The van der Waals surface area contributed by atoms with Crippen LogP contribution in [0.15, 0.2) is 24.3 Å². The van der Waals surface area contributed by atoms with Crippen molar-refractivity contribution in [2.24, 2.45) is 5.92 Å². The Kier molecular flexibility index (Phi) is 3.34. The third kappa shape index (κ3) is 2.45. The highest BCUT2D eigenvalue weighted by atomic mass is 16.4. The van der Waals surface area contributed by atoms with Crippen LogP contribution in [0, 0.1) is 5.92 Å². The van der Waals surface area contributed by atoms with Crippen molar-refractivity contribution in [1.82, 2.24) is 0 Å². The highest BCUT2D eigenvalue weighted by Crippen LogP contribution is 2.43. The minimum absolute atomic E-state index is 0.455. The fraction of sp³-hybridized carbons (Fsp3) is 0.600. The minimum atomic E-state index is -1.25. The summed E-state index contributed by atoms with van der Waals surface area (Å²) >= 11 is 0. The molecule has 1 unspecified atom stereocenters. The molecule has 0 amide bonds. The summed E-state index contributed by atoms with van der Waals surface area (Å²) in [5.74, 6) is 0.470. The SMILES string of the molecule is CC(C)CC1(B(O)O)C=CC=CC1. The van der Waals surface area contributed by atoms with E-state index in [4.69, 9.17) is 0 Å². The first kappa shape index (κ1) is 10.5. The predicted molar refractivity (Wildman–Crippen MR) is 55.2 cm³/mol. The summed E-state index contributed by atoms with van der Waals surface area (Å²) in [6.45, 7) is 4.19. The van der Waals surface area contributed by atoms with E-state index in [1.165, 1.54) is 0 Å². The van der Waals surface area contributed by atoms with Crippen LogP contribution in [0.3, 0.4) is 0 Å². The van der Waals surface area contributed by atoms with Crippen LogP contribution in [0.4, 0.5) is 0 Å². The lowest BCUT2D eigenvalue weighted by Gasteiger charge is -2.31. The van der Waals surface area contributed by atoms with Crippen LogP contribution in [0.2, 0.25) is 5.31 Å². The zero-order valence-electron chi connectivity index (χ0n) is 8.27. The number of rotatable bonds is 3. The fourth-order valence-electron chi connectivity index (χ4n) is 1.89. The van der Waals surface area contributed by atoms with Gasteiger partial charge in [0, 0.05) is 5.31 Å². The lowest BCUT2D eigenvalue weighted by molar-refractivity contribution is 0.331. The summed E-state index contributed by atoms with van der Waals surface area (Å²) in [4.78, 5) is 0. The molecule has 0 aromatic rings. The van der Waals surface area contributed by atoms with Crippen molar-refractivity contribution in [1.29, 1.82) is 0 Å². The van der Waals surface area contributed by atoms with E-state index >= 15 is 0 Å². The van der Waals surface area contributed by atoms with Gasteiger partial charge in [-0.05, 0) is 18.8 Å². The van der Waals surface area contributed by atoms with Gasteiger partial charge in [-0.3, -0.25) is 0 Å². The van der Waals surface area contributed by atoms with Crippen molar-refractivity contribution in [2.75, 3.05) is 0 Å². The van der Waals surface area contributed by atoms with Gasteiger partial charge in [-0.25, -0.2) is 0 Å². The van der Waals surface area contributed by atoms with Crippen molar-refractivity contribution in [3.05, 3.63) is 24.3 Å². The topological polar surface area (TPSA) is 40.5 Å². The Bertz CT molecular complexity index is 221. The Morgan fingerprint density at radius 1 is 1.38 bits per heavy atom. The van der Waals surface area contributed by atoms with Crippen molar-refractivity contribution >= 4 is 7.12 Å². The lowest BCUT2D eigenvalue weighted by atomic mass is 9.52. The van der Waals surface area contributed by atoms with Gasteiger partial charge in [-0.2, -0.15) is 0 Å². The Labute approximate surface area is 80.1 Å². The van der Waals surface area contributed by atoms with E-state index in [1.807, 2.05) is 24.3 Å². The van der Waals surface area contributed by atoms with Crippen molar-refractivity contribution in [3.63, 3.8) is 0 Å². The summed E-state index contributed by atoms with van der Waals surface area (Å²) in [5, 5.41) is 18.2. The number of allylic oxidation sites excluding steroid dienone is 4. The lowest BCUT2D eigenvalue weighted by Crippen LogP contribution is -2.33. The third-order valence-corrected chi connectivity index (χ3v) is 2.48. The zero-order valence-corrected chi connectivity index (χ0v) is 8.27. The van der Waals surface area contributed by atoms with Gasteiger partial charge in [0.1, 0.15) is 0 Å². The summed E-state index contributed by atoms with van der Waals surface area (Å²) in [6.07, 6.45) is 9.27. The Morgan fingerprint density at radius 3 is 2.46 bits per heavy atom. The minimum Gasteiger partial charge on any atom is -0.426 e. The largest absolute Gasteiger partial charge is 0.462 e. The second-order valence-corrected chi connectivity index (χ2v) is 4.20. The first-order valence-electron chi connectivity index (χ1n) is 4.77. The van der Waals surface area contributed by atoms with Gasteiger partial charge in [-0.15, -0.1) is 0 Å². The maximum atomic E-state index is 9.35. The summed E-state index contributed by atoms with van der Waals surface area (Å²) < 4.78 is 0. The van der Waals surface area contributed by atoms with Crippen LogP contribution < -0.4 is 0 Å². The molecule has 0 aliphatic heterocycles. The Balaban J connectivity index is 2.76.